The van der Waals surface area contributed by atoms with Gasteiger partial charge in [-0.15, -0.1) is 0 Å². The van der Waals surface area contributed by atoms with E-state index in [1.54, 1.807) is 0 Å². The number of nitrogens with zero attached hydrogens (tertiary/aromatic N) is 1. The van der Waals surface area contributed by atoms with Gasteiger partial charge in [0.15, 0.2) is 0 Å². The Hall–Kier alpha value is -1.30. The summed E-state index contributed by atoms with van der Waals surface area (Å²) in [7, 11) is 3.39. The van der Waals surface area contributed by atoms with E-state index in [0.29, 0.717) is 17.7 Å². The summed E-state index contributed by atoms with van der Waals surface area (Å²) in [5, 5.41) is 3.96. The Kier molecular flexibility index (Phi) is 7.15. The van der Waals surface area contributed by atoms with Crippen molar-refractivity contribution in [1.82, 2.24) is 10.2 Å². The summed E-state index contributed by atoms with van der Waals surface area (Å²) < 4.78 is 10.7. The molecule has 1 aromatic carbocycles. The molecule has 1 fully saturated rings. The van der Waals surface area contributed by atoms with Gasteiger partial charge in [0.25, 0.3) is 0 Å². The van der Waals surface area contributed by atoms with Gasteiger partial charge in [-0.25, -0.2) is 0 Å². The van der Waals surface area contributed by atoms with Crippen molar-refractivity contribution >= 4 is 17.6 Å². The van der Waals surface area contributed by atoms with Crippen LogP contribution in [0.3, 0.4) is 0 Å². The molecule has 1 N–H and O–H groups in total. The van der Waals surface area contributed by atoms with E-state index in [1.165, 1.54) is 7.11 Å². The molecule has 0 aromatic heterocycles. The lowest BCUT2D eigenvalue weighted by molar-refractivity contribution is -0.148. The molecule has 0 aliphatic carbocycles. The van der Waals surface area contributed by atoms with Crippen LogP contribution in [-0.4, -0.2) is 56.8 Å². The first kappa shape index (κ1) is 18.0. The second kappa shape index (κ2) is 9.11. The molecule has 0 radical (unpaired) electrons. The highest BCUT2D eigenvalue weighted by molar-refractivity contribution is 6.30. The van der Waals surface area contributed by atoms with Crippen molar-refractivity contribution in [3.63, 3.8) is 0 Å². The van der Waals surface area contributed by atoms with Crippen LogP contribution in [0.15, 0.2) is 24.3 Å². The summed E-state index contributed by atoms with van der Waals surface area (Å²) in [6.45, 7) is 2.33. The molecule has 0 amide bonds. The molecule has 2 atom stereocenters. The lowest BCUT2D eigenvalue weighted by Gasteiger charge is -2.37. The molecule has 0 saturated carbocycles. The molecule has 2 unspecified atom stereocenters. The smallest absolute Gasteiger partial charge is 0.323 e. The maximum atomic E-state index is 12.0. The molecule has 5 nitrogen and oxygen atoms in total. The molecule has 6 heteroatoms. The van der Waals surface area contributed by atoms with E-state index in [-0.39, 0.29) is 12.0 Å². The molecule has 1 heterocycles. The van der Waals surface area contributed by atoms with Crippen molar-refractivity contribution in [1.29, 1.82) is 0 Å². The van der Waals surface area contributed by atoms with Gasteiger partial charge in [-0.3, -0.25) is 9.69 Å². The second-order valence-electron chi connectivity index (χ2n) is 5.74. The van der Waals surface area contributed by atoms with E-state index in [0.717, 1.165) is 38.1 Å². The lowest BCUT2D eigenvalue weighted by atomic mass is 9.97. The van der Waals surface area contributed by atoms with Gasteiger partial charge in [0.05, 0.1) is 13.7 Å². The Balaban J connectivity index is 1.78. The van der Waals surface area contributed by atoms with Crippen LogP contribution in [-0.2, 0) is 9.53 Å². The Morgan fingerprint density at radius 3 is 2.78 bits per heavy atom. The van der Waals surface area contributed by atoms with Gasteiger partial charge in [-0.2, -0.15) is 0 Å². The molecule has 1 aliphatic heterocycles. The largest absolute Gasteiger partial charge is 0.494 e. The highest BCUT2D eigenvalue weighted by Crippen LogP contribution is 2.19. The number of ether oxygens (including phenoxy) is 2. The van der Waals surface area contributed by atoms with Gasteiger partial charge in [0.2, 0.25) is 0 Å². The van der Waals surface area contributed by atoms with E-state index in [1.807, 2.05) is 31.3 Å². The van der Waals surface area contributed by atoms with Crippen molar-refractivity contribution in [2.75, 3.05) is 33.9 Å². The minimum atomic E-state index is -0.165. The number of halogens is 1. The number of likely N-dealkylation sites (tertiary alicyclic amines) is 1. The predicted octanol–water partition coefficient (Wildman–Crippen LogP) is 2.33. The number of methoxy groups -OCH3 is 1. The van der Waals surface area contributed by atoms with Gasteiger partial charge < -0.3 is 14.8 Å². The number of hydrogen-bond acceptors (Lipinski definition) is 5. The van der Waals surface area contributed by atoms with E-state index >= 15 is 0 Å². The summed E-state index contributed by atoms with van der Waals surface area (Å²) in [6.07, 6.45) is 2.70. The molecule has 0 bridgehead atoms. The number of hydrogen-bond donors (Lipinski definition) is 1. The maximum absolute atomic E-state index is 12.0. The number of benzene rings is 1. The monoisotopic (exact) mass is 340 g/mol. The van der Waals surface area contributed by atoms with Crippen LogP contribution in [0, 0.1) is 0 Å². The quantitative estimate of drug-likeness (QED) is 0.610. The average molecular weight is 341 g/mol. The Morgan fingerprint density at radius 2 is 2.13 bits per heavy atom. The predicted molar refractivity (Wildman–Crippen MR) is 91.0 cm³/mol. The van der Waals surface area contributed by atoms with Gasteiger partial charge in [0.1, 0.15) is 11.8 Å². The van der Waals surface area contributed by atoms with Crippen LogP contribution < -0.4 is 10.1 Å². The van der Waals surface area contributed by atoms with Crippen molar-refractivity contribution in [3.05, 3.63) is 29.3 Å². The Morgan fingerprint density at radius 1 is 1.39 bits per heavy atom. The molecule has 1 aromatic rings. The van der Waals surface area contributed by atoms with Crippen LogP contribution in [0.2, 0.25) is 5.02 Å². The zero-order valence-electron chi connectivity index (χ0n) is 13.8. The van der Waals surface area contributed by atoms with Gasteiger partial charge in [-0.1, -0.05) is 11.6 Å². The average Bonchev–Trinajstić information content (AvgIpc) is 2.59. The zero-order chi connectivity index (χ0) is 16.7. The fourth-order valence-corrected chi connectivity index (χ4v) is 3.04. The zero-order valence-corrected chi connectivity index (χ0v) is 14.5. The Bertz CT molecular complexity index is 495. The Labute approximate surface area is 142 Å². The molecule has 1 saturated heterocycles. The third-order valence-corrected chi connectivity index (χ3v) is 4.52. The molecule has 0 spiro atoms. The summed E-state index contributed by atoms with van der Waals surface area (Å²) in [6, 6.07) is 7.55. The molecule has 128 valence electrons. The van der Waals surface area contributed by atoms with Gasteiger partial charge in [-0.05, 0) is 50.6 Å². The van der Waals surface area contributed by atoms with Crippen molar-refractivity contribution in [2.24, 2.45) is 0 Å². The number of carbonyl (C=O) groups excluding carboxylic acids is 1. The molecular formula is C17H25ClN2O3. The first-order valence-electron chi connectivity index (χ1n) is 8.01. The van der Waals surface area contributed by atoms with Crippen LogP contribution >= 0.6 is 11.6 Å². The topological polar surface area (TPSA) is 50.8 Å². The molecule has 1 aliphatic rings. The van der Waals surface area contributed by atoms with E-state index < -0.39 is 0 Å². The van der Waals surface area contributed by atoms with Gasteiger partial charge in [0, 0.05) is 24.2 Å². The SMILES string of the molecule is CNC1CCN(CCCOc2ccc(Cl)cc2)C(C(=O)OC)C1. The first-order valence-corrected chi connectivity index (χ1v) is 8.39. The third kappa shape index (κ3) is 5.37. The fraction of sp³-hybridized carbons (Fsp3) is 0.588. The molecular weight excluding hydrogens is 316 g/mol. The van der Waals surface area contributed by atoms with Gasteiger partial charge >= 0.3 is 5.97 Å². The second-order valence-corrected chi connectivity index (χ2v) is 6.18. The highest BCUT2D eigenvalue weighted by atomic mass is 35.5. The number of piperidine rings is 1. The van der Waals surface area contributed by atoms with Crippen molar-refractivity contribution in [3.8, 4) is 5.75 Å². The van der Waals surface area contributed by atoms with Crippen LogP contribution in [0.25, 0.3) is 0 Å². The van der Waals surface area contributed by atoms with Crippen molar-refractivity contribution < 1.29 is 14.3 Å². The standard InChI is InChI=1S/C17H25ClN2O3/c1-19-14-8-10-20(16(12-14)17(21)22-2)9-3-11-23-15-6-4-13(18)5-7-15/h4-7,14,16,19H,3,8-12H2,1-2H3. The van der Waals surface area contributed by atoms with Crippen molar-refractivity contribution in [2.45, 2.75) is 31.3 Å². The van der Waals surface area contributed by atoms with Crippen LogP contribution in [0.1, 0.15) is 19.3 Å². The first-order chi connectivity index (χ1) is 11.1. The number of nitrogens with one attached hydrogen (secondary N) is 1. The number of rotatable bonds is 7. The summed E-state index contributed by atoms with van der Waals surface area (Å²) in [5.41, 5.74) is 0. The molecule has 2 rings (SSSR count). The summed E-state index contributed by atoms with van der Waals surface area (Å²) >= 11 is 5.85. The number of esters is 1. The maximum Gasteiger partial charge on any atom is 0.323 e. The van der Waals surface area contributed by atoms with Crippen LogP contribution in [0.4, 0.5) is 0 Å². The minimum Gasteiger partial charge on any atom is -0.494 e. The van der Waals surface area contributed by atoms with E-state index in [2.05, 4.69) is 10.2 Å². The lowest BCUT2D eigenvalue weighted by Crippen LogP contribution is -2.52. The molecule has 23 heavy (non-hydrogen) atoms. The van der Waals surface area contributed by atoms with Crippen LogP contribution in [0.5, 0.6) is 5.75 Å². The number of carbonyl (C=O) groups is 1. The minimum absolute atomic E-state index is 0.149. The van der Waals surface area contributed by atoms with E-state index in [4.69, 9.17) is 21.1 Å². The summed E-state index contributed by atoms with van der Waals surface area (Å²) in [4.78, 5) is 14.2. The third-order valence-electron chi connectivity index (χ3n) is 4.27. The fourth-order valence-electron chi connectivity index (χ4n) is 2.91. The normalized spacial score (nSPS) is 21.9. The van der Waals surface area contributed by atoms with E-state index in [9.17, 15) is 4.79 Å². The highest BCUT2D eigenvalue weighted by Gasteiger charge is 2.33. The summed E-state index contributed by atoms with van der Waals surface area (Å²) in [5.74, 6) is 0.663.